The van der Waals surface area contributed by atoms with E-state index in [0.717, 1.165) is 12.0 Å². The van der Waals surface area contributed by atoms with Crippen molar-refractivity contribution in [3.05, 3.63) is 35.2 Å². The maximum absolute atomic E-state index is 5.69. The number of hydrogen-bond donors (Lipinski definition) is 0. The first-order valence-corrected chi connectivity index (χ1v) is 6.59. The van der Waals surface area contributed by atoms with Crippen LogP contribution in [0.15, 0.2) is 22.6 Å². The molecule has 2 aromatic rings. The van der Waals surface area contributed by atoms with E-state index < -0.39 is 0 Å². The van der Waals surface area contributed by atoms with E-state index in [1.807, 2.05) is 12.1 Å². The van der Waals surface area contributed by atoms with Crippen LogP contribution < -0.4 is 0 Å². The molecule has 0 spiro atoms. The lowest BCUT2D eigenvalue weighted by molar-refractivity contribution is 0.500. The van der Waals surface area contributed by atoms with Gasteiger partial charge in [-0.15, -0.1) is 10.2 Å². The molecule has 3 nitrogen and oxygen atoms in total. The molecule has 1 unspecified atom stereocenters. The van der Waals surface area contributed by atoms with E-state index in [1.165, 1.54) is 11.1 Å². The molecule has 0 amide bonds. The van der Waals surface area contributed by atoms with E-state index in [1.54, 1.807) is 0 Å². The van der Waals surface area contributed by atoms with E-state index in [0.29, 0.717) is 11.8 Å². The third kappa shape index (κ3) is 2.41. The van der Waals surface area contributed by atoms with Gasteiger partial charge in [-0.05, 0) is 37.5 Å². The number of aromatic nitrogens is 2. The van der Waals surface area contributed by atoms with Crippen LogP contribution in [-0.2, 0) is 0 Å². The number of aryl methyl sites for hydroxylation is 1. The molecule has 1 heterocycles. The van der Waals surface area contributed by atoms with Gasteiger partial charge in [-0.25, -0.2) is 0 Å². The molecule has 0 N–H and O–H groups in total. The Hall–Kier alpha value is -1.16. The lowest BCUT2D eigenvalue weighted by Crippen LogP contribution is -1.86. The van der Waals surface area contributed by atoms with Crippen LogP contribution in [0.25, 0.3) is 11.5 Å². The van der Waals surface area contributed by atoms with E-state index in [-0.39, 0.29) is 4.83 Å². The molecule has 1 atom stereocenters. The Bertz CT molecular complexity index is 522. The summed E-state index contributed by atoms with van der Waals surface area (Å²) in [5.74, 6) is 1.24. The van der Waals surface area contributed by atoms with E-state index in [2.05, 4.69) is 53.0 Å². The minimum atomic E-state index is 0.133. The van der Waals surface area contributed by atoms with Gasteiger partial charge in [-0.3, -0.25) is 0 Å². The molecule has 0 fully saturated rings. The summed E-state index contributed by atoms with van der Waals surface area (Å²) in [6.07, 6.45) is 0.925. The van der Waals surface area contributed by atoms with Crippen molar-refractivity contribution in [1.82, 2.24) is 10.2 Å². The van der Waals surface area contributed by atoms with Gasteiger partial charge in [0.1, 0.15) is 0 Å². The fourth-order valence-electron chi connectivity index (χ4n) is 1.63. The molecule has 1 aromatic carbocycles. The minimum Gasteiger partial charge on any atom is -0.419 e. The zero-order chi connectivity index (χ0) is 12.4. The summed E-state index contributed by atoms with van der Waals surface area (Å²) in [5.41, 5.74) is 3.43. The van der Waals surface area contributed by atoms with Crippen molar-refractivity contribution in [2.75, 3.05) is 0 Å². The molecule has 0 bridgehead atoms. The minimum absolute atomic E-state index is 0.133. The molecule has 90 valence electrons. The molecule has 0 aliphatic heterocycles. The highest BCUT2D eigenvalue weighted by Gasteiger charge is 2.16. The lowest BCUT2D eigenvalue weighted by atomic mass is 10.0. The van der Waals surface area contributed by atoms with E-state index in [4.69, 9.17) is 4.42 Å². The molecule has 4 heteroatoms. The molecule has 0 saturated carbocycles. The molecule has 0 aliphatic carbocycles. The zero-order valence-corrected chi connectivity index (χ0v) is 11.8. The summed E-state index contributed by atoms with van der Waals surface area (Å²) < 4.78 is 5.69. The highest BCUT2D eigenvalue weighted by molar-refractivity contribution is 9.09. The van der Waals surface area contributed by atoms with Crippen molar-refractivity contribution in [3.63, 3.8) is 0 Å². The SMILES string of the molecule is CCC(Br)c1nnc(-c2cccc(C)c2C)o1. The molecule has 0 radical (unpaired) electrons. The molecular formula is C13H15BrN2O. The second-order valence-electron chi connectivity index (χ2n) is 4.07. The van der Waals surface area contributed by atoms with Gasteiger partial charge < -0.3 is 4.42 Å². The lowest BCUT2D eigenvalue weighted by Gasteiger charge is -2.04. The highest BCUT2D eigenvalue weighted by Crippen LogP contribution is 2.29. The van der Waals surface area contributed by atoms with Gasteiger partial charge in [0, 0.05) is 5.56 Å². The molecule has 2 rings (SSSR count). The Morgan fingerprint density at radius 2 is 2.06 bits per heavy atom. The molecule has 17 heavy (non-hydrogen) atoms. The Balaban J connectivity index is 2.40. The van der Waals surface area contributed by atoms with E-state index in [9.17, 15) is 0 Å². The number of nitrogens with zero attached hydrogens (tertiary/aromatic N) is 2. The summed E-state index contributed by atoms with van der Waals surface area (Å²) in [7, 11) is 0. The first kappa shape index (κ1) is 12.3. The Kier molecular flexibility index (Phi) is 3.62. The number of benzene rings is 1. The molecule has 0 aliphatic rings. The fraction of sp³-hybridized carbons (Fsp3) is 0.385. The quantitative estimate of drug-likeness (QED) is 0.797. The maximum atomic E-state index is 5.69. The largest absolute Gasteiger partial charge is 0.419 e. The van der Waals surface area contributed by atoms with E-state index >= 15 is 0 Å². The number of alkyl halides is 1. The summed E-state index contributed by atoms with van der Waals surface area (Å²) in [6, 6.07) is 6.09. The molecule has 0 saturated heterocycles. The van der Waals surface area contributed by atoms with Crippen molar-refractivity contribution in [2.24, 2.45) is 0 Å². The average Bonchev–Trinajstić information content (AvgIpc) is 2.81. The van der Waals surface area contributed by atoms with Crippen LogP contribution in [0.2, 0.25) is 0 Å². The van der Waals surface area contributed by atoms with Gasteiger partial charge in [-0.2, -0.15) is 0 Å². The second-order valence-corrected chi connectivity index (χ2v) is 5.17. The summed E-state index contributed by atoms with van der Waals surface area (Å²) >= 11 is 3.51. The van der Waals surface area contributed by atoms with Gasteiger partial charge >= 0.3 is 0 Å². The van der Waals surface area contributed by atoms with Gasteiger partial charge in [0.15, 0.2) is 0 Å². The van der Waals surface area contributed by atoms with Crippen LogP contribution in [-0.4, -0.2) is 10.2 Å². The van der Waals surface area contributed by atoms with Crippen molar-refractivity contribution in [3.8, 4) is 11.5 Å². The topological polar surface area (TPSA) is 38.9 Å². The van der Waals surface area contributed by atoms with Crippen molar-refractivity contribution < 1.29 is 4.42 Å². The van der Waals surface area contributed by atoms with Crippen LogP contribution in [0, 0.1) is 13.8 Å². The van der Waals surface area contributed by atoms with Crippen molar-refractivity contribution in [1.29, 1.82) is 0 Å². The monoisotopic (exact) mass is 294 g/mol. The third-order valence-corrected chi connectivity index (χ3v) is 3.94. The Morgan fingerprint density at radius 1 is 1.29 bits per heavy atom. The van der Waals surface area contributed by atoms with Gasteiger partial charge in [0.05, 0.1) is 4.83 Å². The first-order chi connectivity index (χ1) is 8.13. The maximum Gasteiger partial charge on any atom is 0.248 e. The average molecular weight is 295 g/mol. The van der Waals surface area contributed by atoms with Crippen LogP contribution in [0.3, 0.4) is 0 Å². The predicted molar refractivity (Wildman–Crippen MR) is 71.2 cm³/mol. The number of halogens is 1. The first-order valence-electron chi connectivity index (χ1n) is 5.67. The summed E-state index contributed by atoms with van der Waals surface area (Å²) in [6.45, 7) is 6.22. The summed E-state index contributed by atoms with van der Waals surface area (Å²) in [5, 5.41) is 8.18. The fourth-order valence-corrected chi connectivity index (χ4v) is 1.81. The van der Waals surface area contributed by atoms with Gasteiger partial charge in [-0.1, -0.05) is 35.0 Å². The smallest absolute Gasteiger partial charge is 0.248 e. The van der Waals surface area contributed by atoms with Crippen LogP contribution in [0.4, 0.5) is 0 Å². The highest BCUT2D eigenvalue weighted by atomic mass is 79.9. The third-order valence-electron chi connectivity index (χ3n) is 2.90. The van der Waals surface area contributed by atoms with Crippen molar-refractivity contribution in [2.45, 2.75) is 32.0 Å². The second kappa shape index (κ2) is 5.00. The Morgan fingerprint density at radius 3 is 2.76 bits per heavy atom. The predicted octanol–water partition coefficient (Wildman–Crippen LogP) is 4.20. The van der Waals surface area contributed by atoms with Crippen LogP contribution in [0.1, 0.15) is 35.2 Å². The van der Waals surface area contributed by atoms with Crippen LogP contribution >= 0.6 is 15.9 Å². The molecule has 1 aromatic heterocycles. The normalized spacial score (nSPS) is 12.7. The Labute approximate surface area is 109 Å². The summed E-state index contributed by atoms with van der Waals surface area (Å²) in [4.78, 5) is 0.133. The van der Waals surface area contributed by atoms with Crippen molar-refractivity contribution >= 4 is 15.9 Å². The molecular weight excluding hydrogens is 280 g/mol. The number of rotatable bonds is 3. The van der Waals surface area contributed by atoms with Gasteiger partial charge in [0.2, 0.25) is 11.8 Å². The van der Waals surface area contributed by atoms with Gasteiger partial charge in [0.25, 0.3) is 0 Å². The number of hydrogen-bond acceptors (Lipinski definition) is 3. The zero-order valence-electron chi connectivity index (χ0n) is 10.2. The standard InChI is InChI=1S/C13H15BrN2O/c1-4-11(14)13-16-15-12(17-13)10-7-5-6-8(2)9(10)3/h5-7,11H,4H2,1-3H3. The van der Waals surface area contributed by atoms with Crippen LogP contribution in [0.5, 0.6) is 0 Å².